The van der Waals surface area contributed by atoms with Crippen LogP contribution in [0.5, 0.6) is 0 Å². The van der Waals surface area contributed by atoms with Crippen LogP contribution in [-0.2, 0) is 16.1 Å². The number of nitrogens with zero attached hydrogens (tertiary/aromatic N) is 3. The number of carbonyl (C=O) groups excluding carboxylic acids is 2. The third-order valence-electron chi connectivity index (χ3n) is 3.58. The second kappa shape index (κ2) is 6.47. The van der Waals surface area contributed by atoms with Crippen molar-refractivity contribution in [3.63, 3.8) is 0 Å². The van der Waals surface area contributed by atoms with Crippen LogP contribution >= 0.6 is 0 Å². The Morgan fingerprint density at radius 2 is 2.20 bits per heavy atom. The number of amides is 2. The van der Waals surface area contributed by atoms with E-state index in [1.54, 1.807) is 11.1 Å². The molecule has 1 saturated heterocycles. The fraction of sp³-hybridized carbons (Fsp3) is 0.500. The lowest BCUT2D eigenvalue weighted by molar-refractivity contribution is -0.130. The molecular weight excluding hydrogens is 256 g/mol. The van der Waals surface area contributed by atoms with Gasteiger partial charge in [0.05, 0.1) is 5.92 Å². The van der Waals surface area contributed by atoms with Crippen LogP contribution in [0.25, 0.3) is 0 Å². The maximum atomic E-state index is 11.5. The van der Waals surface area contributed by atoms with Crippen LogP contribution in [0.4, 0.5) is 0 Å². The van der Waals surface area contributed by atoms with E-state index in [4.69, 9.17) is 5.73 Å². The van der Waals surface area contributed by atoms with Gasteiger partial charge in [-0.2, -0.15) is 0 Å². The van der Waals surface area contributed by atoms with E-state index in [1.165, 1.54) is 6.92 Å². The van der Waals surface area contributed by atoms with Gasteiger partial charge in [0.25, 0.3) is 0 Å². The normalized spacial score (nSPS) is 20.4. The lowest BCUT2D eigenvalue weighted by atomic mass is 10.1. The number of aromatic nitrogens is 1. The summed E-state index contributed by atoms with van der Waals surface area (Å²) in [5.41, 5.74) is 6.53. The SMILES string of the molecule is CC(=O)N1CCN(Cc2cccnc2)CC(C(N)=O)C1. The van der Waals surface area contributed by atoms with E-state index in [0.29, 0.717) is 26.2 Å². The summed E-state index contributed by atoms with van der Waals surface area (Å²) in [6.07, 6.45) is 3.54. The van der Waals surface area contributed by atoms with E-state index in [1.807, 2.05) is 18.3 Å². The molecule has 1 aliphatic heterocycles. The summed E-state index contributed by atoms with van der Waals surface area (Å²) in [5, 5.41) is 0. The highest BCUT2D eigenvalue weighted by molar-refractivity contribution is 5.79. The fourth-order valence-corrected chi connectivity index (χ4v) is 2.44. The molecule has 6 heteroatoms. The molecule has 0 aliphatic carbocycles. The van der Waals surface area contributed by atoms with Crippen LogP contribution in [0.15, 0.2) is 24.5 Å². The predicted molar refractivity (Wildman–Crippen MR) is 74.5 cm³/mol. The molecule has 0 bridgehead atoms. The summed E-state index contributed by atoms with van der Waals surface area (Å²) in [6.45, 7) is 4.58. The first-order valence-corrected chi connectivity index (χ1v) is 6.72. The Kier molecular flexibility index (Phi) is 4.68. The van der Waals surface area contributed by atoms with Gasteiger partial charge in [-0.1, -0.05) is 6.07 Å². The van der Waals surface area contributed by atoms with Crippen molar-refractivity contribution in [1.29, 1.82) is 0 Å². The molecule has 1 atom stereocenters. The maximum absolute atomic E-state index is 11.5. The van der Waals surface area contributed by atoms with Gasteiger partial charge in [-0.15, -0.1) is 0 Å². The van der Waals surface area contributed by atoms with Gasteiger partial charge in [-0.3, -0.25) is 19.5 Å². The van der Waals surface area contributed by atoms with Crippen LogP contribution in [-0.4, -0.2) is 52.8 Å². The topological polar surface area (TPSA) is 79.5 Å². The summed E-state index contributed by atoms with van der Waals surface area (Å²) in [6, 6.07) is 3.89. The van der Waals surface area contributed by atoms with E-state index in [0.717, 1.165) is 12.1 Å². The Hall–Kier alpha value is -1.95. The molecule has 1 aliphatic rings. The molecule has 1 aromatic rings. The summed E-state index contributed by atoms with van der Waals surface area (Å²) >= 11 is 0. The van der Waals surface area contributed by atoms with Crippen molar-refractivity contribution in [2.24, 2.45) is 11.7 Å². The smallest absolute Gasteiger partial charge is 0.223 e. The van der Waals surface area contributed by atoms with Gasteiger partial charge in [-0.05, 0) is 11.6 Å². The first-order valence-electron chi connectivity index (χ1n) is 6.72. The third kappa shape index (κ3) is 3.77. The van der Waals surface area contributed by atoms with Crippen LogP contribution in [0.2, 0.25) is 0 Å². The first kappa shape index (κ1) is 14.5. The minimum absolute atomic E-state index is 0.0144. The lowest BCUT2D eigenvalue weighted by Gasteiger charge is -2.21. The standard InChI is InChI=1S/C14H20N4O2/c1-11(19)18-6-5-17(9-13(10-18)14(15)20)8-12-3-2-4-16-7-12/h2-4,7,13H,5-6,8-10H2,1H3,(H2,15,20). The molecule has 0 spiro atoms. The molecule has 1 unspecified atom stereocenters. The van der Waals surface area contributed by atoms with Crippen molar-refractivity contribution in [3.05, 3.63) is 30.1 Å². The van der Waals surface area contributed by atoms with Crippen molar-refractivity contribution in [2.75, 3.05) is 26.2 Å². The van der Waals surface area contributed by atoms with E-state index >= 15 is 0 Å². The number of pyridine rings is 1. The van der Waals surface area contributed by atoms with Crippen LogP contribution in [0.3, 0.4) is 0 Å². The number of rotatable bonds is 3. The molecule has 6 nitrogen and oxygen atoms in total. The van der Waals surface area contributed by atoms with E-state index in [9.17, 15) is 9.59 Å². The highest BCUT2D eigenvalue weighted by Gasteiger charge is 2.27. The van der Waals surface area contributed by atoms with Crippen molar-refractivity contribution < 1.29 is 9.59 Å². The van der Waals surface area contributed by atoms with Gasteiger partial charge in [0.15, 0.2) is 0 Å². The average Bonchev–Trinajstić information content (AvgIpc) is 2.63. The minimum atomic E-state index is -0.352. The maximum Gasteiger partial charge on any atom is 0.223 e. The summed E-state index contributed by atoms with van der Waals surface area (Å²) in [7, 11) is 0. The van der Waals surface area contributed by atoms with E-state index < -0.39 is 0 Å². The third-order valence-corrected chi connectivity index (χ3v) is 3.58. The van der Waals surface area contributed by atoms with Gasteiger partial charge >= 0.3 is 0 Å². The van der Waals surface area contributed by atoms with Gasteiger partial charge in [0.1, 0.15) is 0 Å². The lowest BCUT2D eigenvalue weighted by Crippen LogP contribution is -2.39. The summed E-state index contributed by atoms with van der Waals surface area (Å²) in [4.78, 5) is 31.0. The summed E-state index contributed by atoms with van der Waals surface area (Å²) < 4.78 is 0. The highest BCUT2D eigenvalue weighted by Crippen LogP contribution is 2.12. The number of hydrogen-bond acceptors (Lipinski definition) is 4. The van der Waals surface area contributed by atoms with Gasteiger partial charge in [0, 0.05) is 52.0 Å². The molecule has 108 valence electrons. The largest absolute Gasteiger partial charge is 0.369 e. The quantitative estimate of drug-likeness (QED) is 0.832. The van der Waals surface area contributed by atoms with E-state index in [-0.39, 0.29) is 17.7 Å². The molecule has 2 heterocycles. The second-order valence-corrected chi connectivity index (χ2v) is 5.16. The zero-order valence-corrected chi connectivity index (χ0v) is 11.7. The molecule has 0 saturated carbocycles. The van der Waals surface area contributed by atoms with Crippen molar-refractivity contribution >= 4 is 11.8 Å². The van der Waals surface area contributed by atoms with Crippen LogP contribution < -0.4 is 5.73 Å². The Balaban J connectivity index is 2.06. The number of primary amides is 1. The molecule has 1 aromatic heterocycles. The average molecular weight is 276 g/mol. The number of nitrogens with two attached hydrogens (primary N) is 1. The number of hydrogen-bond donors (Lipinski definition) is 1. The zero-order chi connectivity index (χ0) is 14.5. The molecular formula is C14H20N4O2. The molecule has 2 amide bonds. The minimum Gasteiger partial charge on any atom is -0.369 e. The Bertz CT molecular complexity index is 477. The van der Waals surface area contributed by atoms with Crippen molar-refractivity contribution in [3.8, 4) is 0 Å². The Morgan fingerprint density at radius 3 is 2.80 bits per heavy atom. The molecule has 1 fully saturated rings. The van der Waals surface area contributed by atoms with Crippen LogP contribution in [0, 0.1) is 5.92 Å². The van der Waals surface area contributed by atoms with Gasteiger partial charge in [0.2, 0.25) is 11.8 Å². The van der Waals surface area contributed by atoms with Gasteiger partial charge < -0.3 is 10.6 Å². The first-order chi connectivity index (χ1) is 9.56. The molecule has 20 heavy (non-hydrogen) atoms. The van der Waals surface area contributed by atoms with E-state index in [2.05, 4.69) is 9.88 Å². The monoisotopic (exact) mass is 276 g/mol. The Morgan fingerprint density at radius 1 is 1.40 bits per heavy atom. The zero-order valence-electron chi connectivity index (χ0n) is 11.7. The molecule has 0 radical (unpaired) electrons. The molecule has 2 N–H and O–H groups in total. The Labute approximate surface area is 118 Å². The predicted octanol–water partition coefficient (Wildman–Crippen LogP) is -0.153. The van der Waals surface area contributed by atoms with Gasteiger partial charge in [-0.25, -0.2) is 0 Å². The van der Waals surface area contributed by atoms with Crippen molar-refractivity contribution in [2.45, 2.75) is 13.5 Å². The fourth-order valence-electron chi connectivity index (χ4n) is 2.44. The van der Waals surface area contributed by atoms with Crippen molar-refractivity contribution in [1.82, 2.24) is 14.8 Å². The highest BCUT2D eigenvalue weighted by atomic mass is 16.2. The number of carbonyl (C=O) groups is 2. The molecule has 0 aromatic carbocycles. The second-order valence-electron chi connectivity index (χ2n) is 5.16. The van der Waals surface area contributed by atoms with Crippen LogP contribution in [0.1, 0.15) is 12.5 Å². The molecule has 2 rings (SSSR count). The summed E-state index contributed by atoms with van der Waals surface area (Å²) in [5.74, 6) is -0.688.